The standard InChI is InChI=1S/C27H55O7PS/c1-4-6-8-10-12-13-14-16-18-23-36(32)25(20-17-15-11-9-7-5-2)24(3)33-21-19-22-34-27(30,35-31)26(28)29/h24-25,30H,4-23,35H2,1-3H3,(H,28,29). The molecule has 0 saturated heterocycles. The van der Waals surface area contributed by atoms with E-state index < -0.39 is 31.1 Å². The minimum absolute atomic E-state index is 0.0202. The van der Waals surface area contributed by atoms with Gasteiger partial charge in [0.25, 0.3) is 0 Å². The number of carboxylic acid groups (broad SMARTS) is 1. The normalized spacial score (nSPS) is 16.2. The molecule has 0 aromatic heterocycles. The Hall–Kier alpha value is -0.110. The third-order valence-corrected chi connectivity index (χ3v) is 9.33. The molecule has 0 rings (SSSR count). The summed E-state index contributed by atoms with van der Waals surface area (Å²) in [4.78, 5) is 11.0. The zero-order valence-corrected chi connectivity index (χ0v) is 25.2. The fraction of sp³-hybridized carbons (Fsp3) is 0.963. The zero-order valence-electron chi connectivity index (χ0n) is 23.2. The van der Waals surface area contributed by atoms with Gasteiger partial charge in [-0.2, -0.15) is 0 Å². The van der Waals surface area contributed by atoms with Gasteiger partial charge >= 0.3 is 11.5 Å². The van der Waals surface area contributed by atoms with Crippen molar-refractivity contribution in [2.45, 2.75) is 147 Å². The smallest absolute Gasteiger partial charge is 0.371 e. The highest BCUT2D eigenvalue weighted by atomic mass is 32.2. The Balaban J connectivity index is 4.43. The van der Waals surface area contributed by atoms with Crippen molar-refractivity contribution < 1.29 is 33.6 Å². The Labute approximate surface area is 224 Å². The fourth-order valence-electron chi connectivity index (χ4n) is 4.22. The molecule has 0 aromatic carbocycles. The second-order valence-electron chi connectivity index (χ2n) is 9.91. The average molecular weight is 555 g/mol. The van der Waals surface area contributed by atoms with Crippen molar-refractivity contribution in [2.24, 2.45) is 0 Å². The van der Waals surface area contributed by atoms with Crippen LogP contribution in [0.4, 0.5) is 0 Å². The fourth-order valence-corrected chi connectivity index (χ4v) is 6.24. The number of carboxylic acids is 1. The molecule has 0 spiro atoms. The van der Waals surface area contributed by atoms with Gasteiger partial charge in [-0.3, -0.25) is 0 Å². The van der Waals surface area contributed by atoms with E-state index in [1.165, 1.54) is 70.6 Å². The lowest BCUT2D eigenvalue weighted by molar-refractivity contribution is -0.190. The molecule has 36 heavy (non-hydrogen) atoms. The van der Waals surface area contributed by atoms with Crippen LogP contribution in [0.1, 0.15) is 130 Å². The summed E-state index contributed by atoms with van der Waals surface area (Å²) in [5, 5.41) is 18.5. The molecule has 0 saturated carbocycles. The maximum atomic E-state index is 13.2. The van der Waals surface area contributed by atoms with Crippen molar-refractivity contribution in [1.29, 1.82) is 0 Å². The Morgan fingerprint density at radius 1 is 0.861 bits per heavy atom. The van der Waals surface area contributed by atoms with Crippen LogP contribution in [-0.4, -0.2) is 56.6 Å². The van der Waals surface area contributed by atoms with Crippen LogP contribution in [0.3, 0.4) is 0 Å². The number of ether oxygens (including phenoxy) is 2. The number of carbonyl (C=O) groups is 1. The molecule has 0 aromatic rings. The van der Waals surface area contributed by atoms with Gasteiger partial charge in [0.2, 0.25) is 0 Å². The quantitative estimate of drug-likeness (QED) is 0.0503. The molecule has 0 aliphatic carbocycles. The van der Waals surface area contributed by atoms with E-state index in [0.717, 1.165) is 32.1 Å². The first kappa shape index (κ1) is 35.9. The third-order valence-electron chi connectivity index (χ3n) is 6.61. The molecule has 9 heteroatoms. The lowest BCUT2D eigenvalue weighted by Gasteiger charge is -2.27. The van der Waals surface area contributed by atoms with Gasteiger partial charge in [0.1, 0.15) is 25.6 Å². The highest BCUT2D eigenvalue weighted by molar-refractivity contribution is 7.92. The average Bonchev–Trinajstić information content (AvgIpc) is 2.86. The second-order valence-corrected chi connectivity index (χ2v) is 12.7. The molecular weight excluding hydrogens is 499 g/mol. The third kappa shape index (κ3) is 18.2. The van der Waals surface area contributed by atoms with Gasteiger partial charge in [0, 0.05) is 6.61 Å². The van der Waals surface area contributed by atoms with Crippen LogP contribution in [-0.2, 0) is 30.0 Å². The molecule has 5 atom stereocenters. The maximum Gasteiger partial charge on any atom is 0.371 e. The predicted octanol–water partition coefficient (Wildman–Crippen LogP) is 6.68. The molecule has 2 N–H and O–H groups in total. The zero-order chi connectivity index (χ0) is 27.1. The summed E-state index contributed by atoms with van der Waals surface area (Å²) < 4.78 is 35.0. The van der Waals surface area contributed by atoms with Gasteiger partial charge in [-0.25, -0.2) is 4.79 Å². The van der Waals surface area contributed by atoms with E-state index in [0.29, 0.717) is 18.8 Å². The first-order chi connectivity index (χ1) is 17.3. The van der Waals surface area contributed by atoms with Gasteiger partial charge in [0.05, 0.1) is 6.61 Å². The van der Waals surface area contributed by atoms with E-state index in [4.69, 9.17) is 14.6 Å². The van der Waals surface area contributed by atoms with E-state index in [9.17, 15) is 19.0 Å². The summed E-state index contributed by atoms with van der Waals surface area (Å²) in [6.07, 6.45) is 19.4. The molecule has 0 bridgehead atoms. The number of aliphatic hydroxyl groups is 1. The Kier molecular flexibility index (Phi) is 23.9. The summed E-state index contributed by atoms with van der Waals surface area (Å²) in [6, 6.07) is 0. The molecule has 0 fully saturated rings. The topological polar surface area (TPSA) is 116 Å². The van der Waals surface area contributed by atoms with Crippen LogP contribution in [0, 0.1) is 0 Å². The molecule has 0 aliphatic heterocycles. The van der Waals surface area contributed by atoms with Gasteiger partial charge in [-0.15, -0.1) is 0 Å². The largest absolute Gasteiger partial charge is 0.616 e. The summed E-state index contributed by atoms with van der Waals surface area (Å²) in [5.74, 6) is -0.932. The molecule has 216 valence electrons. The molecule has 5 unspecified atom stereocenters. The SMILES string of the molecule is CCCCCCCCCCC[S+]([O-])C(CCCCCCCC)C(C)OCCCOC(O)([PH2]=O)C(=O)O. The van der Waals surface area contributed by atoms with Crippen LogP contribution < -0.4 is 0 Å². The Morgan fingerprint density at radius 2 is 1.36 bits per heavy atom. The number of hydrogen-bond donors (Lipinski definition) is 2. The number of hydrogen-bond acceptors (Lipinski definition) is 6. The Morgan fingerprint density at radius 3 is 1.86 bits per heavy atom. The van der Waals surface area contributed by atoms with Crippen LogP contribution >= 0.6 is 8.46 Å². The van der Waals surface area contributed by atoms with Crippen LogP contribution in [0.5, 0.6) is 0 Å². The second kappa shape index (κ2) is 24.0. The summed E-state index contributed by atoms with van der Waals surface area (Å²) in [7, 11) is -2.02. The molecule has 0 amide bonds. The van der Waals surface area contributed by atoms with E-state index in [2.05, 4.69) is 13.8 Å². The van der Waals surface area contributed by atoms with E-state index >= 15 is 0 Å². The van der Waals surface area contributed by atoms with E-state index in [1.54, 1.807) is 0 Å². The molecule has 0 aliphatic rings. The van der Waals surface area contributed by atoms with Crippen LogP contribution in [0.15, 0.2) is 0 Å². The van der Waals surface area contributed by atoms with Crippen molar-refractivity contribution in [3.8, 4) is 0 Å². The van der Waals surface area contributed by atoms with E-state index in [-0.39, 0.29) is 18.0 Å². The number of rotatable bonds is 27. The van der Waals surface area contributed by atoms with Gasteiger partial charge in [-0.05, 0) is 50.2 Å². The van der Waals surface area contributed by atoms with Crippen molar-refractivity contribution in [3.63, 3.8) is 0 Å². The lowest BCUT2D eigenvalue weighted by atomic mass is 10.1. The highest BCUT2D eigenvalue weighted by Crippen LogP contribution is 2.23. The molecule has 7 nitrogen and oxygen atoms in total. The lowest BCUT2D eigenvalue weighted by Crippen LogP contribution is -2.37. The molecule has 0 heterocycles. The van der Waals surface area contributed by atoms with Gasteiger partial charge in [-0.1, -0.05) is 90.9 Å². The minimum atomic E-state index is -2.61. The minimum Gasteiger partial charge on any atom is -0.616 e. The summed E-state index contributed by atoms with van der Waals surface area (Å²) in [5.41, 5.74) is -2.61. The Bertz CT molecular complexity index is 540. The first-order valence-corrected chi connectivity index (χ1v) is 16.8. The van der Waals surface area contributed by atoms with E-state index in [1.807, 2.05) is 6.92 Å². The van der Waals surface area contributed by atoms with Gasteiger partial charge in [0.15, 0.2) is 0 Å². The number of unbranched alkanes of at least 4 members (excludes halogenated alkanes) is 13. The number of aliphatic carboxylic acids is 1. The predicted molar refractivity (Wildman–Crippen MR) is 151 cm³/mol. The molecular formula is C27H55O7PS. The van der Waals surface area contributed by atoms with Crippen LogP contribution in [0.2, 0.25) is 0 Å². The van der Waals surface area contributed by atoms with Crippen molar-refractivity contribution in [2.75, 3.05) is 19.0 Å². The monoisotopic (exact) mass is 554 g/mol. The van der Waals surface area contributed by atoms with Crippen LogP contribution in [0.25, 0.3) is 0 Å². The van der Waals surface area contributed by atoms with Crippen molar-refractivity contribution >= 4 is 25.6 Å². The highest BCUT2D eigenvalue weighted by Gasteiger charge is 2.36. The van der Waals surface area contributed by atoms with Crippen molar-refractivity contribution in [3.05, 3.63) is 0 Å². The van der Waals surface area contributed by atoms with Gasteiger partial charge < -0.3 is 28.8 Å². The molecule has 0 radical (unpaired) electrons. The summed E-state index contributed by atoms with van der Waals surface area (Å²) in [6.45, 7) is 6.63. The van der Waals surface area contributed by atoms with Crippen molar-refractivity contribution in [1.82, 2.24) is 0 Å². The first-order valence-electron chi connectivity index (χ1n) is 14.4. The summed E-state index contributed by atoms with van der Waals surface area (Å²) >= 11 is -0.949. The maximum absolute atomic E-state index is 13.2.